The lowest BCUT2D eigenvalue weighted by Crippen LogP contribution is -2.12. The summed E-state index contributed by atoms with van der Waals surface area (Å²) in [7, 11) is -4.03. The van der Waals surface area contributed by atoms with Gasteiger partial charge in [-0.2, -0.15) is 0 Å². The van der Waals surface area contributed by atoms with Gasteiger partial charge in [-0.15, -0.1) is 0 Å². The third-order valence-corrected chi connectivity index (χ3v) is 2.67. The molecule has 6 nitrogen and oxygen atoms in total. The largest absolute Gasteiger partial charge is 0.504 e. The van der Waals surface area contributed by atoms with Crippen molar-refractivity contribution in [3.05, 3.63) is 17.7 Å². The highest BCUT2D eigenvalue weighted by Crippen LogP contribution is 2.34. The van der Waals surface area contributed by atoms with Gasteiger partial charge in [-0.3, -0.25) is 0 Å². The molecule has 1 rings (SSSR count). The summed E-state index contributed by atoms with van der Waals surface area (Å²) in [5.41, 5.74) is 5.47. The maximum Gasteiger partial charge on any atom is 0.241 e. The van der Waals surface area contributed by atoms with Crippen LogP contribution in [-0.4, -0.2) is 18.6 Å². The zero-order valence-corrected chi connectivity index (χ0v) is 7.95. The van der Waals surface area contributed by atoms with E-state index in [1.54, 1.807) is 0 Å². The topological polar surface area (TPSA) is 127 Å². The Hall–Kier alpha value is -1.31. The summed E-state index contributed by atoms with van der Waals surface area (Å²) in [6, 6.07) is 2.38. The predicted octanol–water partition coefficient (Wildman–Crippen LogP) is -0.796. The van der Waals surface area contributed by atoms with E-state index in [9.17, 15) is 18.6 Å². The van der Waals surface area contributed by atoms with Crippen molar-refractivity contribution in [2.45, 2.75) is 11.4 Å². The lowest BCUT2D eigenvalue weighted by atomic mass is 10.2. The number of primary sulfonamides is 1. The summed E-state index contributed by atoms with van der Waals surface area (Å²) >= 11 is 0. The van der Waals surface area contributed by atoms with Gasteiger partial charge in [0.25, 0.3) is 0 Å². The molecule has 0 fully saturated rings. The van der Waals surface area contributed by atoms with Gasteiger partial charge in [0.1, 0.15) is 4.90 Å². The smallest absolute Gasteiger partial charge is 0.241 e. The summed E-state index contributed by atoms with van der Waals surface area (Å²) in [5, 5.41) is 23.4. The second-order valence-electron chi connectivity index (χ2n) is 2.67. The Bertz CT molecular complexity index is 455. The molecule has 0 amide bonds. The van der Waals surface area contributed by atoms with Crippen LogP contribution in [0.15, 0.2) is 17.0 Å². The Morgan fingerprint density at radius 1 is 1.21 bits per heavy atom. The predicted molar refractivity (Wildman–Crippen MR) is 49.0 cm³/mol. The third-order valence-electron chi connectivity index (χ3n) is 1.72. The molecule has 0 aliphatic heterocycles. The van der Waals surface area contributed by atoms with Crippen molar-refractivity contribution in [1.82, 2.24) is 0 Å². The van der Waals surface area contributed by atoms with E-state index >= 15 is 0 Å². The van der Waals surface area contributed by atoms with Crippen molar-refractivity contribution in [2.75, 3.05) is 0 Å². The molecular weight excluding hydrogens is 208 g/mol. The van der Waals surface area contributed by atoms with Gasteiger partial charge in [0.2, 0.25) is 10.0 Å². The molecule has 1 aromatic carbocycles. The number of aromatic hydroxyl groups is 2. The molecular formula is C7H10N2O4S. The summed E-state index contributed by atoms with van der Waals surface area (Å²) < 4.78 is 21.8. The Morgan fingerprint density at radius 2 is 1.79 bits per heavy atom. The van der Waals surface area contributed by atoms with E-state index in [1.165, 1.54) is 6.07 Å². The van der Waals surface area contributed by atoms with Gasteiger partial charge in [-0.25, -0.2) is 13.6 Å². The van der Waals surface area contributed by atoms with Crippen molar-refractivity contribution >= 4 is 10.0 Å². The second kappa shape index (κ2) is 3.45. The van der Waals surface area contributed by atoms with Crippen LogP contribution in [-0.2, 0) is 16.6 Å². The Kier molecular flexibility index (Phi) is 2.65. The zero-order chi connectivity index (χ0) is 10.9. The van der Waals surface area contributed by atoms with Crippen LogP contribution in [0.25, 0.3) is 0 Å². The highest BCUT2D eigenvalue weighted by Gasteiger charge is 2.18. The van der Waals surface area contributed by atoms with Crippen molar-refractivity contribution in [2.24, 2.45) is 10.9 Å². The SMILES string of the molecule is NCc1ccc(S(N)(=O)=O)c(O)c1O. The van der Waals surface area contributed by atoms with Gasteiger partial charge >= 0.3 is 0 Å². The molecule has 78 valence electrons. The van der Waals surface area contributed by atoms with Gasteiger partial charge < -0.3 is 15.9 Å². The quantitative estimate of drug-likeness (QED) is 0.483. The first-order chi connectivity index (χ1) is 6.38. The summed E-state index contributed by atoms with van der Waals surface area (Å²) in [6.07, 6.45) is 0. The van der Waals surface area contributed by atoms with E-state index in [-0.39, 0.29) is 12.1 Å². The molecule has 0 aliphatic rings. The standard InChI is InChI=1S/C7H10N2O4S/c8-3-4-1-2-5(14(9,12)13)7(11)6(4)10/h1-2,10-11H,3,8H2,(H2,9,12,13). The lowest BCUT2D eigenvalue weighted by Gasteiger charge is -2.07. The van der Waals surface area contributed by atoms with Gasteiger partial charge in [0, 0.05) is 12.1 Å². The molecule has 0 atom stereocenters. The Morgan fingerprint density at radius 3 is 2.21 bits per heavy atom. The van der Waals surface area contributed by atoms with E-state index < -0.39 is 26.4 Å². The summed E-state index contributed by atoms with van der Waals surface area (Å²) in [4.78, 5) is -0.521. The normalized spacial score (nSPS) is 11.6. The molecule has 0 unspecified atom stereocenters. The average Bonchev–Trinajstić information content (AvgIpc) is 2.07. The molecule has 0 saturated carbocycles. The molecule has 0 aromatic heterocycles. The minimum Gasteiger partial charge on any atom is -0.504 e. The maximum absolute atomic E-state index is 10.9. The van der Waals surface area contributed by atoms with Crippen LogP contribution in [0.1, 0.15) is 5.56 Å². The number of hydrogen-bond donors (Lipinski definition) is 4. The lowest BCUT2D eigenvalue weighted by molar-refractivity contribution is 0.389. The van der Waals surface area contributed by atoms with E-state index in [0.29, 0.717) is 0 Å². The molecule has 6 N–H and O–H groups in total. The van der Waals surface area contributed by atoms with Crippen molar-refractivity contribution in [3.63, 3.8) is 0 Å². The van der Waals surface area contributed by atoms with E-state index in [1.807, 2.05) is 0 Å². The monoisotopic (exact) mass is 218 g/mol. The molecule has 14 heavy (non-hydrogen) atoms. The average molecular weight is 218 g/mol. The number of benzene rings is 1. The first-order valence-corrected chi connectivity index (χ1v) is 5.19. The number of nitrogens with two attached hydrogens (primary N) is 2. The third kappa shape index (κ3) is 1.79. The van der Waals surface area contributed by atoms with Crippen molar-refractivity contribution < 1.29 is 18.6 Å². The van der Waals surface area contributed by atoms with Gasteiger partial charge in [0.05, 0.1) is 0 Å². The van der Waals surface area contributed by atoms with Crippen LogP contribution in [0.3, 0.4) is 0 Å². The summed E-state index contributed by atoms with van der Waals surface area (Å²) in [5.74, 6) is -1.32. The maximum atomic E-state index is 10.9. The van der Waals surface area contributed by atoms with Crippen molar-refractivity contribution in [3.8, 4) is 11.5 Å². The highest BCUT2D eigenvalue weighted by molar-refractivity contribution is 7.89. The van der Waals surface area contributed by atoms with Crippen LogP contribution < -0.4 is 10.9 Å². The molecule has 0 aliphatic carbocycles. The fourth-order valence-corrected chi connectivity index (χ4v) is 1.62. The fourth-order valence-electron chi connectivity index (χ4n) is 0.997. The number of rotatable bonds is 2. The van der Waals surface area contributed by atoms with Crippen LogP contribution in [0.5, 0.6) is 11.5 Å². The number of sulfonamides is 1. The minimum absolute atomic E-state index is 0.00963. The molecule has 0 radical (unpaired) electrons. The first kappa shape index (κ1) is 10.8. The zero-order valence-electron chi connectivity index (χ0n) is 7.14. The number of phenolic OH excluding ortho intramolecular Hbond substituents is 2. The minimum atomic E-state index is -4.03. The fraction of sp³-hybridized carbons (Fsp3) is 0.143. The molecule has 0 heterocycles. The van der Waals surface area contributed by atoms with Crippen molar-refractivity contribution in [1.29, 1.82) is 0 Å². The molecule has 0 saturated heterocycles. The van der Waals surface area contributed by atoms with Crippen LogP contribution >= 0.6 is 0 Å². The van der Waals surface area contributed by atoms with E-state index in [4.69, 9.17) is 10.9 Å². The molecule has 1 aromatic rings. The number of phenols is 2. The van der Waals surface area contributed by atoms with Gasteiger partial charge in [-0.1, -0.05) is 6.07 Å². The molecule has 0 bridgehead atoms. The molecule has 0 spiro atoms. The number of hydrogen-bond acceptors (Lipinski definition) is 5. The molecule has 7 heteroatoms. The highest BCUT2D eigenvalue weighted by atomic mass is 32.2. The van der Waals surface area contributed by atoms with Crippen LogP contribution in [0, 0.1) is 0 Å². The van der Waals surface area contributed by atoms with Gasteiger partial charge in [0.15, 0.2) is 11.5 Å². The van der Waals surface area contributed by atoms with Crippen LogP contribution in [0.2, 0.25) is 0 Å². The van der Waals surface area contributed by atoms with Crippen LogP contribution in [0.4, 0.5) is 0 Å². The Balaban J connectivity index is 3.47. The second-order valence-corrected chi connectivity index (χ2v) is 4.20. The first-order valence-electron chi connectivity index (χ1n) is 3.64. The van der Waals surface area contributed by atoms with E-state index in [0.717, 1.165) is 6.07 Å². The summed E-state index contributed by atoms with van der Waals surface area (Å²) in [6.45, 7) is -0.00963. The van der Waals surface area contributed by atoms with Gasteiger partial charge in [-0.05, 0) is 6.07 Å². The van der Waals surface area contributed by atoms with E-state index in [2.05, 4.69) is 0 Å². The Labute approximate surface area is 80.8 Å².